The van der Waals surface area contributed by atoms with Crippen LogP contribution in [-0.2, 0) is 15.7 Å². The summed E-state index contributed by atoms with van der Waals surface area (Å²) in [5, 5.41) is 3.07. The molecule has 1 aliphatic rings. The maximum Gasteiger partial charge on any atom is 0.416 e. The first kappa shape index (κ1) is 17.8. The zero-order chi connectivity index (χ0) is 14.8. The minimum Gasteiger partial charge on any atom is -0.468 e. The number of nitrogens with one attached hydrogen (secondary N) is 1. The molecule has 0 radical (unpaired) electrons. The molecule has 1 aliphatic heterocycles. The third-order valence-electron chi connectivity index (χ3n) is 3.61. The first-order valence-corrected chi connectivity index (χ1v) is 6.40. The molecule has 2 atom stereocenters. The molecular formula is C14H17ClF3NO2. The summed E-state index contributed by atoms with van der Waals surface area (Å²) in [5.74, 6) is -0.172. The minimum atomic E-state index is -4.31. The van der Waals surface area contributed by atoms with Gasteiger partial charge < -0.3 is 10.1 Å². The van der Waals surface area contributed by atoms with E-state index >= 15 is 0 Å². The number of carbonyl (C=O) groups excluding carboxylic acids is 1. The van der Waals surface area contributed by atoms with Crippen LogP contribution in [0.15, 0.2) is 24.3 Å². The van der Waals surface area contributed by atoms with Crippen LogP contribution in [0.2, 0.25) is 0 Å². The van der Waals surface area contributed by atoms with Crippen molar-refractivity contribution in [2.24, 2.45) is 0 Å². The molecule has 1 fully saturated rings. The number of ether oxygens (including phenoxy) is 1. The van der Waals surface area contributed by atoms with Crippen molar-refractivity contribution in [1.29, 1.82) is 0 Å². The fraction of sp³-hybridized carbons (Fsp3) is 0.500. The van der Waals surface area contributed by atoms with Crippen LogP contribution in [-0.4, -0.2) is 25.7 Å². The molecule has 0 spiro atoms. The Morgan fingerprint density at radius 3 is 2.29 bits per heavy atom. The lowest BCUT2D eigenvalue weighted by molar-refractivity contribution is -0.143. The SMILES string of the molecule is COC(=O)C1CCC(c2ccc(C(F)(F)F)cc2)CN1.Cl. The number of hydrogen-bond acceptors (Lipinski definition) is 3. The highest BCUT2D eigenvalue weighted by atomic mass is 35.5. The largest absolute Gasteiger partial charge is 0.468 e. The van der Waals surface area contributed by atoms with Gasteiger partial charge in [-0.1, -0.05) is 12.1 Å². The van der Waals surface area contributed by atoms with E-state index in [1.54, 1.807) is 0 Å². The predicted molar refractivity (Wildman–Crippen MR) is 74.5 cm³/mol. The van der Waals surface area contributed by atoms with Crippen LogP contribution in [0.1, 0.15) is 29.9 Å². The predicted octanol–water partition coefficient (Wildman–Crippen LogP) is 3.14. The molecule has 2 rings (SSSR count). The number of halogens is 4. The zero-order valence-electron chi connectivity index (χ0n) is 11.4. The van der Waals surface area contributed by atoms with Crippen molar-refractivity contribution < 1.29 is 22.7 Å². The fourth-order valence-corrected chi connectivity index (χ4v) is 2.43. The Bertz CT molecular complexity index is 468. The molecule has 118 valence electrons. The van der Waals surface area contributed by atoms with Gasteiger partial charge in [-0.15, -0.1) is 12.4 Å². The molecule has 1 aromatic rings. The van der Waals surface area contributed by atoms with E-state index in [1.165, 1.54) is 19.2 Å². The second-order valence-electron chi connectivity index (χ2n) is 4.88. The van der Waals surface area contributed by atoms with Crippen LogP contribution in [0.3, 0.4) is 0 Å². The molecule has 21 heavy (non-hydrogen) atoms. The molecule has 3 nitrogen and oxygen atoms in total. The van der Waals surface area contributed by atoms with Gasteiger partial charge in [0.1, 0.15) is 6.04 Å². The van der Waals surface area contributed by atoms with Crippen molar-refractivity contribution in [3.05, 3.63) is 35.4 Å². The van der Waals surface area contributed by atoms with Gasteiger partial charge in [0.25, 0.3) is 0 Å². The molecule has 0 amide bonds. The first-order chi connectivity index (χ1) is 9.41. The maximum absolute atomic E-state index is 12.5. The van der Waals surface area contributed by atoms with Gasteiger partial charge >= 0.3 is 12.1 Å². The third kappa shape index (κ3) is 4.35. The number of esters is 1. The van der Waals surface area contributed by atoms with Crippen molar-refractivity contribution in [3.8, 4) is 0 Å². The van der Waals surface area contributed by atoms with Crippen LogP contribution >= 0.6 is 12.4 Å². The summed E-state index contributed by atoms with van der Waals surface area (Å²) in [4.78, 5) is 11.4. The number of methoxy groups -OCH3 is 1. The van der Waals surface area contributed by atoms with Gasteiger partial charge in [0, 0.05) is 6.54 Å². The van der Waals surface area contributed by atoms with Crippen molar-refractivity contribution in [1.82, 2.24) is 5.32 Å². The van der Waals surface area contributed by atoms with Gasteiger partial charge in [-0.3, -0.25) is 4.79 Å². The molecule has 0 aromatic heterocycles. The second kappa shape index (κ2) is 7.13. The van der Waals surface area contributed by atoms with E-state index in [0.29, 0.717) is 13.0 Å². The van der Waals surface area contributed by atoms with E-state index in [9.17, 15) is 18.0 Å². The number of piperidine rings is 1. The van der Waals surface area contributed by atoms with Gasteiger partial charge in [0.2, 0.25) is 0 Å². The quantitative estimate of drug-likeness (QED) is 0.850. The number of rotatable bonds is 2. The molecule has 1 heterocycles. The summed E-state index contributed by atoms with van der Waals surface area (Å²) in [6, 6.07) is 4.90. The molecular weight excluding hydrogens is 307 g/mol. The van der Waals surface area contributed by atoms with Gasteiger partial charge in [-0.25, -0.2) is 0 Å². The molecule has 7 heteroatoms. The lowest BCUT2D eigenvalue weighted by atomic mass is 9.88. The standard InChI is InChI=1S/C14H16F3NO2.ClH/c1-20-13(19)12-7-4-10(8-18-12)9-2-5-11(6-3-9)14(15,16)17;/h2-3,5-6,10,12,18H,4,7-8H2,1H3;1H. The Labute approximate surface area is 127 Å². The van der Waals surface area contributed by atoms with E-state index in [4.69, 9.17) is 0 Å². The van der Waals surface area contributed by atoms with E-state index in [0.717, 1.165) is 24.1 Å². The fourth-order valence-electron chi connectivity index (χ4n) is 2.43. The Balaban J connectivity index is 0.00000220. The number of carbonyl (C=O) groups is 1. The number of alkyl halides is 3. The molecule has 1 aromatic carbocycles. The lowest BCUT2D eigenvalue weighted by Gasteiger charge is -2.28. The smallest absolute Gasteiger partial charge is 0.416 e. The highest BCUT2D eigenvalue weighted by molar-refractivity contribution is 5.85. The van der Waals surface area contributed by atoms with Crippen LogP contribution in [0.5, 0.6) is 0 Å². The van der Waals surface area contributed by atoms with Gasteiger partial charge in [-0.2, -0.15) is 13.2 Å². The first-order valence-electron chi connectivity index (χ1n) is 6.40. The number of benzene rings is 1. The molecule has 1 N–H and O–H groups in total. The van der Waals surface area contributed by atoms with Crippen molar-refractivity contribution >= 4 is 18.4 Å². The van der Waals surface area contributed by atoms with Crippen molar-refractivity contribution in [2.75, 3.05) is 13.7 Å². The average molecular weight is 324 g/mol. The third-order valence-corrected chi connectivity index (χ3v) is 3.61. The van der Waals surface area contributed by atoms with E-state index in [2.05, 4.69) is 10.1 Å². The monoisotopic (exact) mass is 323 g/mol. The second-order valence-corrected chi connectivity index (χ2v) is 4.88. The topological polar surface area (TPSA) is 38.3 Å². The van der Waals surface area contributed by atoms with Gasteiger partial charge in [0.15, 0.2) is 0 Å². The van der Waals surface area contributed by atoms with Crippen molar-refractivity contribution in [2.45, 2.75) is 31.0 Å². The summed E-state index contributed by atoms with van der Waals surface area (Å²) >= 11 is 0. The minimum absolute atomic E-state index is 0. The summed E-state index contributed by atoms with van der Waals surface area (Å²) in [7, 11) is 1.34. The lowest BCUT2D eigenvalue weighted by Crippen LogP contribution is -2.43. The highest BCUT2D eigenvalue weighted by Crippen LogP contribution is 2.31. The molecule has 0 aliphatic carbocycles. The van der Waals surface area contributed by atoms with Crippen molar-refractivity contribution in [3.63, 3.8) is 0 Å². The molecule has 2 unspecified atom stereocenters. The Hall–Kier alpha value is -1.27. The average Bonchev–Trinajstić information content (AvgIpc) is 2.46. The maximum atomic E-state index is 12.5. The van der Waals surface area contributed by atoms with Crippen LogP contribution in [0.4, 0.5) is 13.2 Å². The Kier molecular flexibility index (Phi) is 6.04. The van der Waals surface area contributed by atoms with Gasteiger partial charge in [-0.05, 0) is 36.5 Å². The van der Waals surface area contributed by atoms with E-state index < -0.39 is 11.7 Å². The van der Waals surface area contributed by atoms with Crippen LogP contribution < -0.4 is 5.32 Å². The molecule has 1 saturated heterocycles. The summed E-state index contributed by atoms with van der Waals surface area (Å²) < 4.78 is 42.1. The van der Waals surface area contributed by atoms with Gasteiger partial charge in [0.05, 0.1) is 12.7 Å². The normalized spacial score (nSPS) is 22.3. The zero-order valence-corrected chi connectivity index (χ0v) is 12.3. The van der Waals surface area contributed by atoms with E-state index in [-0.39, 0.29) is 30.3 Å². The highest BCUT2D eigenvalue weighted by Gasteiger charge is 2.31. The summed E-state index contributed by atoms with van der Waals surface area (Å²) in [6.45, 7) is 0.561. The van der Waals surface area contributed by atoms with Crippen LogP contribution in [0, 0.1) is 0 Å². The summed E-state index contributed by atoms with van der Waals surface area (Å²) in [5.41, 5.74) is 0.214. The Morgan fingerprint density at radius 1 is 1.24 bits per heavy atom. The number of hydrogen-bond donors (Lipinski definition) is 1. The van der Waals surface area contributed by atoms with E-state index in [1.807, 2.05) is 0 Å². The molecule has 0 saturated carbocycles. The molecule has 0 bridgehead atoms. The summed E-state index contributed by atoms with van der Waals surface area (Å²) in [6.07, 6.45) is -2.93. The van der Waals surface area contributed by atoms with Crippen LogP contribution in [0.25, 0.3) is 0 Å². The Morgan fingerprint density at radius 2 is 1.86 bits per heavy atom.